The number of hydrogen-bond donors (Lipinski definition) is 17. The average Bonchev–Trinajstić information content (AvgIpc) is 1.27. The van der Waals surface area contributed by atoms with Gasteiger partial charge in [-0.05, 0) is 51.4 Å². The molecule has 2 aliphatic heterocycles. The van der Waals surface area contributed by atoms with Gasteiger partial charge in [0, 0.05) is 78.8 Å². The monoisotopic (exact) mass is 1280 g/mol. The summed E-state index contributed by atoms with van der Waals surface area (Å²) in [6.07, 6.45) is -12.5. The molecular weight excluding hydrogens is 1190 g/mol. The van der Waals surface area contributed by atoms with Crippen LogP contribution in [0.5, 0.6) is 0 Å². The predicted octanol–water partition coefficient (Wildman–Crippen LogP) is -7.99. The average molecular weight is 1290 g/mol. The summed E-state index contributed by atoms with van der Waals surface area (Å²) in [5, 5.41) is 113. The number of nitrogens with one attached hydrogen (secondary N) is 8. The first-order chi connectivity index (χ1) is 42.5. The Labute approximate surface area is 515 Å². The van der Waals surface area contributed by atoms with Crippen LogP contribution in [-0.4, -0.2) is 297 Å². The SMILES string of the molecule is COC1CCC(C(=O)NC(CCC(=O)NC(CCC(=O)NCCOCCOC2OC(CO)C(O)C(O)C2NC(C)=O)C(=O)NCCOCCOC2OC(CO)C(O)C(O)C2NC(C)=O)C(=O)NCCOCCOC2(NC(C)=O)CCC(CO)C(O)C2O)CC1. The Morgan fingerprint density at radius 3 is 1.46 bits per heavy atom. The molecule has 512 valence electrons. The fourth-order valence-corrected chi connectivity index (χ4v) is 10.6. The maximum Gasteiger partial charge on any atom is 0.242 e. The molecule has 16 atom stereocenters. The number of aliphatic hydroxyl groups excluding tert-OH is 9. The van der Waals surface area contributed by atoms with Gasteiger partial charge in [0.1, 0.15) is 66.9 Å². The molecule has 2 saturated heterocycles. The second-order valence-electron chi connectivity index (χ2n) is 22.2. The van der Waals surface area contributed by atoms with E-state index in [4.69, 9.17) is 42.6 Å². The number of methoxy groups -OCH3 is 1. The lowest BCUT2D eigenvalue weighted by Gasteiger charge is -2.46. The number of amides is 8. The zero-order valence-electron chi connectivity index (χ0n) is 51.0. The van der Waals surface area contributed by atoms with Gasteiger partial charge >= 0.3 is 0 Å². The van der Waals surface area contributed by atoms with E-state index in [0.29, 0.717) is 25.7 Å². The van der Waals surface area contributed by atoms with E-state index >= 15 is 0 Å². The Bertz CT molecular complexity index is 2190. The van der Waals surface area contributed by atoms with Crippen molar-refractivity contribution < 1.29 is 127 Å². The molecule has 2 heterocycles. The van der Waals surface area contributed by atoms with Crippen molar-refractivity contribution >= 4 is 47.3 Å². The molecule has 0 aromatic heterocycles. The van der Waals surface area contributed by atoms with Crippen molar-refractivity contribution in [2.45, 2.75) is 182 Å². The van der Waals surface area contributed by atoms with Crippen molar-refractivity contribution in [1.29, 1.82) is 0 Å². The molecule has 0 spiro atoms. The lowest BCUT2D eigenvalue weighted by Crippen LogP contribution is -2.66. The number of carbonyl (C=O) groups is 8. The quantitative estimate of drug-likeness (QED) is 0.0201. The van der Waals surface area contributed by atoms with Crippen molar-refractivity contribution in [3.05, 3.63) is 0 Å². The van der Waals surface area contributed by atoms with Crippen molar-refractivity contribution in [3.8, 4) is 0 Å². The third-order valence-electron chi connectivity index (χ3n) is 15.5. The first-order valence-electron chi connectivity index (χ1n) is 30.1. The summed E-state index contributed by atoms with van der Waals surface area (Å²) in [4.78, 5) is 103. The maximum absolute atomic E-state index is 13.7. The van der Waals surface area contributed by atoms with Gasteiger partial charge in [-0.3, -0.25) is 38.4 Å². The van der Waals surface area contributed by atoms with Gasteiger partial charge in [0.15, 0.2) is 18.3 Å². The Balaban J connectivity index is 1.33. The summed E-state index contributed by atoms with van der Waals surface area (Å²) in [5.74, 6) is -5.68. The van der Waals surface area contributed by atoms with E-state index in [1.165, 1.54) is 20.8 Å². The van der Waals surface area contributed by atoms with Crippen LogP contribution in [0, 0.1) is 11.8 Å². The molecular formula is C55H96N8O26. The molecule has 34 nitrogen and oxygen atoms in total. The fraction of sp³-hybridized carbons (Fsp3) is 0.855. The van der Waals surface area contributed by atoms with E-state index < -0.39 is 164 Å². The molecule has 2 aliphatic carbocycles. The van der Waals surface area contributed by atoms with Crippen LogP contribution in [0.2, 0.25) is 0 Å². The summed E-state index contributed by atoms with van der Waals surface area (Å²) in [5.41, 5.74) is -1.64. The molecule has 0 aromatic carbocycles. The predicted molar refractivity (Wildman–Crippen MR) is 304 cm³/mol. The van der Waals surface area contributed by atoms with Crippen molar-refractivity contribution in [3.63, 3.8) is 0 Å². The van der Waals surface area contributed by atoms with Crippen LogP contribution in [0.4, 0.5) is 0 Å². The van der Waals surface area contributed by atoms with Gasteiger partial charge < -0.3 is 131 Å². The van der Waals surface area contributed by atoms with Crippen LogP contribution in [-0.2, 0) is 81.0 Å². The topological polar surface area (TPSA) is 498 Å². The van der Waals surface area contributed by atoms with Crippen LogP contribution < -0.4 is 42.5 Å². The minimum absolute atomic E-state index is 0.00565. The maximum atomic E-state index is 13.7. The van der Waals surface area contributed by atoms with E-state index in [-0.39, 0.29) is 130 Å². The van der Waals surface area contributed by atoms with Crippen LogP contribution in [0.1, 0.15) is 85.0 Å². The molecule has 34 heteroatoms. The van der Waals surface area contributed by atoms with Gasteiger partial charge in [-0.15, -0.1) is 0 Å². The molecule has 0 aromatic rings. The highest BCUT2D eigenvalue weighted by Crippen LogP contribution is 2.34. The van der Waals surface area contributed by atoms with Gasteiger partial charge in [0.05, 0.1) is 84.9 Å². The van der Waals surface area contributed by atoms with Crippen molar-refractivity contribution in [2.24, 2.45) is 11.8 Å². The first-order valence-corrected chi connectivity index (χ1v) is 30.1. The second kappa shape index (κ2) is 40.1. The van der Waals surface area contributed by atoms with E-state index in [0.717, 1.165) is 0 Å². The molecule has 89 heavy (non-hydrogen) atoms. The molecule has 0 radical (unpaired) electrons. The standard InChI is InChI=1S/C55H96N8O26/c1-30(67)59-42-47(75)45(73)38(28-65)88-53(42)85-24-21-82-18-15-56-40(70)11-9-36(51(79)57-16-19-83-22-25-86-54-43(60-31(2)68)48(76)46(74)39(29-66)89-54)61-41(71)12-10-37(62-50(78)33-5-7-35(81-4)8-6-33)52(80)58-17-20-84-23-26-87-55(63-32(3)69)14-13-34(27-64)44(72)49(55)77/h33-39,42-49,53-54,64-66,72-77H,5-29H2,1-4H3,(H,56,70)(H,57,79)(H,58,80)(H,59,67)(H,60,68)(H,61,71)(H,62,78)(H,63,69). The van der Waals surface area contributed by atoms with Crippen molar-refractivity contribution in [1.82, 2.24) is 42.5 Å². The van der Waals surface area contributed by atoms with Crippen LogP contribution in [0.3, 0.4) is 0 Å². The summed E-state index contributed by atoms with van der Waals surface area (Å²) >= 11 is 0. The summed E-state index contributed by atoms with van der Waals surface area (Å²) < 4.78 is 50.4. The van der Waals surface area contributed by atoms with E-state index in [1.807, 2.05) is 0 Å². The number of carbonyl (C=O) groups excluding carboxylic acids is 8. The summed E-state index contributed by atoms with van der Waals surface area (Å²) in [7, 11) is 1.59. The molecule has 0 bridgehead atoms. The number of aliphatic hydroxyl groups is 9. The molecule has 4 rings (SSSR count). The summed E-state index contributed by atoms with van der Waals surface area (Å²) in [6.45, 7) is 0.966. The normalized spacial score (nSPS) is 30.2. The minimum Gasteiger partial charge on any atom is -0.396 e. The zero-order valence-corrected chi connectivity index (χ0v) is 51.0. The lowest BCUT2D eigenvalue weighted by atomic mass is 9.79. The first kappa shape index (κ1) is 76.5. The smallest absolute Gasteiger partial charge is 0.242 e. The fourth-order valence-electron chi connectivity index (χ4n) is 10.6. The van der Waals surface area contributed by atoms with E-state index in [9.17, 15) is 84.3 Å². The Hall–Kier alpha value is -4.96. The highest BCUT2D eigenvalue weighted by atomic mass is 16.7. The largest absolute Gasteiger partial charge is 0.396 e. The molecule has 8 amide bonds. The highest BCUT2D eigenvalue weighted by Gasteiger charge is 2.51. The molecule has 2 saturated carbocycles. The third-order valence-corrected chi connectivity index (χ3v) is 15.5. The molecule has 16 unspecified atom stereocenters. The number of rotatable bonds is 39. The van der Waals surface area contributed by atoms with Gasteiger partial charge in [-0.25, -0.2) is 0 Å². The molecule has 4 aliphatic rings. The molecule has 4 fully saturated rings. The van der Waals surface area contributed by atoms with Crippen LogP contribution in [0.25, 0.3) is 0 Å². The van der Waals surface area contributed by atoms with Gasteiger partial charge in [-0.2, -0.15) is 0 Å². The van der Waals surface area contributed by atoms with Crippen LogP contribution >= 0.6 is 0 Å². The van der Waals surface area contributed by atoms with E-state index in [2.05, 4.69) is 42.5 Å². The number of hydrogen-bond acceptors (Lipinski definition) is 26. The second-order valence-corrected chi connectivity index (χ2v) is 22.2. The number of ether oxygens (including phenoxy) is 9. The van der Waals surface area contributed by atoms with Gasteiger partial charge in [-0.1, -0.05) is 0 Å². The Morgan fingerprint density at radius 1 is 0.528 bits per heavy atom. The third kappa shape index (κ3) is 25.2. The molecule has 17 N–H and O–H groups in total. The van der Waals surface area contributed by atoms with Crippen molar-refractivity contribution in [2.75, 3.05) is 106 Å². The Morgan fingerprint density at radius 2 is 1.00 bits per heavy atom. The van der Waals surface area contributed by atoms with E-state index in [1.54, 1.807) is 7.11 Å². The lowest BCUT2D eigenvalue weighted by molar-refractivity contribution is -0.272. The zero-order chi connectivity index (χ0) is 65.6. The van der Waals surface area contributed by atoms with Gasteiger partial charge in [0.2, 0.25) is 47.3 Å². The minimum atomic E-state index is -1.64. The Kier molecular flexibility index (Phi) is 34.5. The summed E-state index contributed by atoms with van der Waals surface area (Å²) in [6, 6.07) is -4.89. The van der Waals surface area contributed by atoms with Gasteiger partial charge in [0.25, 0.3) is 0 Å². The van der Waals surface area contributed by atoms with Crippen LogP contribution in [0.15, 0.2) is 0 Å². The highest BCUT2D eigenvalue weighted by molar-refractivity contribution is 5.90.